The molecule has 294 valence electrons. The third kappa shape index (κ3) is 5.16. The van der Waals surface area contributed by atoms with E-state index in [1.807, 2.05) is 24.4 Å². The van der Waals surface area contributed by atoms with E-state index in [-0.39, 0.29) is 5.41 Å². The van der Waals surface area contributed by atoms with Crippen LogP contribution < -0.4 is 9.30 Å². The molecule has 0 aliphatic rings. The summed E-state index contributed by atoms with van der Waals surface area (Å²) >= 11 is 0. The third-order valence-electron chi connectivity index (χ3n) is 12.6. The van der Waals surface area contributed by atoms with Crippen LogP contribution in [0, 0.1) is 6.33 Å². The Morgan fingerprint density at radius 3 is 1.93 bits per heavy atom. The second-order valence-electron chi connectivity index (χ2n) is 17.2. The predicted octanol–water partition coefficient (Wildman–Crippen LogP) is 12.6. The van der Waals surface area contributed by atoms with E-state index in [0.29, 0.717) is 0 Å². The lowest BCUT2D eigenvalue weighted by Gasteiger charge is -2.20. The van der Waals surface area contributed by atoms with Crippen LogP contribution in [0.4, 0.5) is 0 Å². The number of hydrogen-bond acceptors (Lipinski definition) is 2. The van der Waals surface area contributed by atoms with E-state index < -0.39 is 0 Å². The summed E-state index contributed by atoms with van der Waals surface area (Å²) in [5.74, 6) is 2.35. The molecule has 0 bridgehead atoms. The van der Waals surface area contributed by atoms with E-state index in [0.717, 1.165) is 56.1 Å². The highest BCUT2D eigenvalue weighted by molar-refractivity contribution is 6.40. The number of benzene rings is 7. The molecular weight excluding hydrogens is 749 g/mol. The van der Waals surface area contributed by atoms with Crippen molar-refractivity contribution in [1.29, 1.82) is 0 Å². The first kappa shape index (κ1) is 35.3. The quantitative estimate of drug-likeness (QED) is 0.129. The first-order valence-corrected chi connectivity index (χ1v) is 20.8. The molecule has 0 atom stereocenters. The highest BCUT2D eigenvalue weighted by Gasteiger charge is 2.28. The van der Waals surface area contributed by atoms with Crippen molar-refractivity contribution in [2.75, 3.05) is 0 Å². The van der Waals surface area contributed by atoms with Gasteiger partial charge in [0.05, 0.1) is 44.5 Å². The number of rotatable bonds is 5. The van der Waals surface area contributed by atoms with E-state index in [1.54, 1.807) is 0 Å². The van der Waals surface area contributed by atoms with Crippen LogP contribution in [0.1, 0.15) is 26.3 Å². The van der Waals surface area contributed by atoms with Crippen molar-refractivity contribution < 1.29 is 9.30 Å². The van der Waals surface area contributed by atoms with Gasteiger partial charge in [-0.15, -0.1) is 0 Å². The van der Waals surface area contributed by atoms with Gasteiger partial charge in [-0.1, -0.05) is 106 Å². The molecule has 5 aromatic heterocycles. The highest BCUT2D eigenvalue weighted by atomic mass is 16.5. The number of ether oxygens (including phenoxy) is 1. The summed E-state index contributed by atoms with van der Waals surface area (Å²) in [6, 6.07) is 55.6. The van der Waals surface area contributed by atoms with Gasteiger partial charge in [0.2, 0.25) is 0 Å². The number of fused-ring (bicyclic) bond motifs is 13. The molecule has 61 heavy (non-hydrogen) atoms. The standard InChI is InChI=1S/C54H42N6O/c1-54(2,3)34-28-29-55-47(30-34)60-46-32-38(61-37-19-15-18-36(31-37)59-33-58(35-16-7-6-8-17-35)44-24-13-14-25-45(44)59)26-27-41(46)50-51-48(39-20-9-11-22-42(39)56(51)4)49-40-21-10-12-23-43(40)57(5)52(49)53(50)60/h6-32H,1-5H3. The Labute approximate surface area is 352 Å². The largest absolute Gasteiger partial charge is 0.458 e. The van der Waals surface area contributed by atoms with Gasteiger partial charge in [-0.3, -0.25) is 13.7 Å². The van der Waals surface area contributed by atoms with Gasteiger partial charge in [-0.25, -0.2) is 4.98 Å². The number of nitrogens with zero attached hydrogens (tertiary/aromatic N) is 6. The summed E-state index contributed by atoms with van der Waals surface area (Å²) < 4.78 is 18.2. The van der Waals surface area contributed by atoms with Gasteiger partial charge in [-0.05, 0) is 77.7 Å². The normalized spacial score (nSPS) is 12.3. The molecule has 7 nitrogen and oxygen atoms in total. The van der Waals surface area contributed by atoms with Crippen LogP contribution in [0.15, 0.2) is 164 Å². The summed E-state index contributed by atoms with van der Waals surface area (Å²) in [6.45, 7) is 6.78. The zero-order valence-electron chi connectivity index (χ0n) is 34.7. The van der Waals surface area contributed by atoms with Crippen molar-refractivity contribution in [3.63, 3.8) is 0 Å². The minimum Gasteiger partial charge on any atom is -0.458 e. The Hall–Kier alpha value is -7.64. The van der Waals surface area contributed by atoms with Gasteiger partial charge in [0.1, 0.15) is 17.3 Å². The van der Waals surface area contributed by atoms with Gasteiger partial charge < -0.3 is 13.9 Å². The molecule has 0 radical (unpaired) electrons. The Balaban J connectivity index is 1.12. The Morgan fingerprint density at radius 1 is 0.541 bits per heavy atom. The summed E-state index contributed by atoms with van der Waals surface area (Å²) in [4.78, 5) is 5.14. The van der Waals surface area contributed by atoms with Crippen LogP contribution in [0.25, 0.3) is 93.6 Å². The SMILES string of the molecule is Cn1c2ccccc2c2c3c4ccccc4n(C)c3c3c(c4ccc(Oc5cccc(-[n+]6[c-]n(-c7ccccc7)c7ccccc76)c5)cc4n3-c3cc(C(C)(C)C)ccn3)c21. The van der Waals surface area contributed by atoms with Crippen LogP contribution in [-0.4, -0.2) is 23.3 Å². The van der Waals surface area contributed by atoms with Gasteiger partial charge in [0, 0.05) is 69.7 Å². The maximum atomic E-state index is 6.86. The van der Waals surface area contributed by atoms with Crippen molar-refractivity contribution in [2.24, 2.45) is 14.1 Å². The molecule has 0 saturated heterocycles. The minimum atomic E-state index is -0.0728. The zero-order chi connectivity index (χ0) is 41.1. The molecule has 12 aromatic rings. The lowest BCUT2D eigenvalue weighted by Crippen LogP contribution is -2.29. The van der Waals surface area contributed by atoms with E-state index in [1.165, 1.54) is 54.6 Å². The van der Waals surface area contributed by atoms with Crippen LogP contribution in [0.3, 0.4) is 0 Å². The summed E-state index contributed by atoms with van der Waals surface area (Å²) in [7, 11) is 4.41. The van der Waals surface area contributed by atoms with Gasteiger partial charge >= 0.3 is 0 Å². The molecule has 7 aromatic carbocycles. The molecule has 0 spiro atoms. The van der Waals surface area contributed by atoms with Crippen LogP contribution in [0.2, 0.25) is 0 Å². The fourth-order valence-corrected chi connectivity index (χ4v) is 9.75. The molecule has 5 heterocycles. The van der Waals surface area contributed by atoms with E-state index in [4.69, 9.17) is 9.72 Å². The third-order valence-corrected chi connectivity index (χ3v) is 12.6. The molecule has 0 aliphatic heterocycles. The summed E-state index contributed by atoms with van der Waals surface area (Å²) in [6.07, 6.45) is 5.57. The molecule has 0 aliphatic carbocycles. The van der Waals surface area contributed by atoms with Crippen LogP contribution in [-0.2, 0) is 19.5 Å². The average molecular weight is 791 g/mol. The maximum Gasteiger partial charge on any atom is 0.269 e. The lowest BCUT2D eigenvalue weighted by molar-refractivity contribution is -0.572. The highest BCUT2D eigenvalue weighted by Crippen LogP contribution is 2.48. The summed E-state index contributed by atoms with van der Waals surface area (Å²) in [5, 5.41) is 7.35. The van der Waals surface area contributed by atoms with Crippen molar-refractivity contribution in [3.8, 4) is 28.7 Å². The number of pyridine rings is 1. The number of para-hydroxylation sites is 5. The molecule has 7 heteroatoms. The van der Waals surface area contributed by atoms with Gasteiger partial charge in [0.15, 0.2) is 0 Å². The number of hydrogen-bond donors (Lipinski definition) is 0. The molecular formula is C54H42N6O. The van der Waals surface area contributed by atoms with Crippen molar-refractivity contribution >= 4 is 76.5 Å². The Morgan fingerprint density at radius 2 is 1.18 bits per heavy atom. The van der Waals surface area contributed by atoms with Gasteiger partial charge in [-0.2, -0.15) is 0 Å². The number of aromatic nitrogens is 6. The molecule has 0 amide bonds. The van der Waals surface area contributed by atoms with Crippen LogP contribution in [0.5, 0.6) is 11.5 Å². The predicted molar refractivity (Wildman–Crippen MR) is 249 cm³/mol. The Bertz CT molecular complexity index is 3740. The smallest absolute Gasteiger partial charge is 0.269 e. The molecule has 0 saturated carbocycles. The fraction of sp³-hybridized carbons (Fsp3) is 0.111. The molecule has 0 fully saturated rings. The average Bonchev–Trinajstić information content (AvgIpc) is 4.01. The van der Waals surface area contributed by atoms with E-state index in [2.05, 4.69) is 204 Å². The maximum absolute atomic E-state index is 6.86. The monoisotopic (exact) mass is 790 g/mol. The van der Waals surface area contributed by atoms with Crippen LogP contribution >= 0.6 is 0 Å². The second-order valence-corrected chi connectivity index (χ2v) is 17.2. The van der Waals surface area contributed by atoms with E-state index in [9.17, 15) is 0 Å². The van der Waals surface area contributed by atoms with Crippen molar-refractivity contribution in [3.05, 3.63) is 176 Å². The fourth-order valence-electron chi connectivity index (χ4n) is 9.75. The topological polar surface area (TPSA) is 45.7 Å². The zero-order valence-corrected chi connectivity index (χ0v) is 34.7. The van der Waals surface area contributed by atoms with Crippen molar-refractivity contribution in [2.45, 2.75) is 26.2 Å². The molecule has 0 N–H and O–H groups in total. The lowest BCUT2D eigenvalue weighted by atomic mass is 9.88. The minimum absolute atomic E-state index is 0.0728. The molecule has 12 rings (SSSR count). The first-order valence-electron chi connectivity index (χ1n) is 20.8. The number of imidazole rings is 1. The van der Waals surface area contributed by atoms with E-state index >= 15 is 0 Å². The summed E-state index contributed by atoms with van der Waals surface area (Å²) in [5.41, 5.74) is 12.2. The first-order chi connectivity index (χ1) is 29.7. The molecule has 0 unspecified atom stereocenters. The Kier molecular flexibility index (Phi) is 7.49. The van der Waals surface area contributed by atoms with Crippen molar-refractivity contribution in [1.82, 2.24) is 23.3 Å². The second kappa shape index (κ2) is 12.9. The van der Waals surface area contributed by atoms with Gasteiger partial charge in [0.25, 0.3) is 6.33 Å². The number of aryl methyl sites for hydroxylation is 2.